The Morgan fingerprint density at radius 3 is 2.31 bits per heavy atom. The van der Waals surface area contributed by atoms with E-state index in [1.54, 1.807) is 47.6 Å². The summed E-state index contributed by atoms with van der Waals surface area (Å²) in [5, 5.41) is 15.8. The second-order valence-electron chi connectivity index (χ2n) is 17.7. The van der Waals surface area contributed by atoms with E-state index in [1.807, 2.05) is 33.8 Å². The predicted octanol–water partition coefficient (Wildman–Crippen LogP) is 5.06. The van der Waals surface area contributed by atoms with E-state index in [4.69, 9.17) is 23.7 Å². The third-order valence-electron chi connectivity index (χ3n) is 13.3. The maximum absolute atomic E-state index is 14.2. The molecule has 2 saturated carbocycles. The van der Waals surface area contributed by atoms with Crippen LogP contribution in [0.5, 0.6) is 0 Å². The van der Waals surface area contributed by atoms with Gasteiger partial charge in [-0.15, -0.1) is 0 Å². The topological polar surface area (TPSA) is 167 Å². The standard InChI is InChI=1S/C40H55NO11/c1-19(2)32(41-35(46)52-36(7,8)9)34(45)50-29-13-12-28(43)38(11)24-14-15-37(10)25(22(5)27-16-20(3)21(4)33(44)49-27)17-30(48-23(6)42)39(37,47)26(24)18-31-40(29,38)51-31/h12-13,17,19,22,24,26-27,29-32,47H,14-16,18H2,1-11H3,(H,41,46)/t22-,24-,26+,27+,29-,30-,31+,32?,37+,38-,39-,40+/m0/s1. The summed E-state index contributed by atoms with van der Waals surface area (Å²) < 4.78 is 29.9. The number of carbonyl (C=O) groups excluding carboxylic acids is 5. The molecule has 12 nitrogen and oxygen atoms in total. The maximum Gasteiger partial charge on any atom is 0.408 e. The first-order valence-electron chi connectivity index (χ1n) is 18.6. The lowest BCUT2D eigenvalue weighted by Gasteiger charge is -2.61. The number of esters is 3. The van der Waals surface area contributed by atoms with Crippen LogP contribution in [0.4, 0.5) is 4.79 Å². The average molecular weight is 726 g/mol. The van der Waals surface area contributed by atoms with E-state index in [2.05, 4.69) is 5.32 Å². The number of amides is 1. The summed E-state index contributed by atoms with van der Waals surface area (Å²) in [5.41, 5.74) is -3.22. The molecule has 12 atom stereocenters. The smallest absolute Gasteiger partial charge is 0.408 e. The van der Waals surface area contributed by atoms with E-state index in [-0.39, 0.29) is 23.6 Å². The molecule has 0 radical (unpaired) electrons. The minimum Gasteiger partial charge on any atom is -0.458 e. The van der Waals surface area contributed by atoms with E-state index in [0.717, 1.165) is 11.1 Å². The van der Waals surface area contributed by atoms with Gasteiger partial charge >= 0.3 is 24.0 Å². The Morgan fingerprint density at radius 1 is 1.04 bits per heavy atom. The van der Waals surface area contributed by atoms with Crippen molar-refractivity contribution in [3.8, 4) is 0 Å². The van der Waals surface area contributed by atoms with Crippen LogP contribution >= 0.6 is 0 Å². The van der Waals surface area contributed by atoms with Crippen LogP contribution in [-0.2, 0) is 42.9 Å². The molecule has 286 valence electrons. The summed E-state index contributed by atoms with van der Waals surface area (Å²) in [6, 6.07) is -1.02. The number of cyclic esters (lactones) is 1. The molecule has 4 aliphatic carbocycles. The van der Waals surface area contributed by atoms with Crippen molar-refractivity contribution in [2.75, 3.05) is 0 Å². The molecule has 0 aromatic rings. The first-order chi connectivity index (χ1) is 24.0. The minimum atomic E-state index is -1.61. The number of ketones is 1. The van der Waals surface area contributed by atoms with E-state index in [0.29, 0.717) is 31.3 Å². The molecule has 2 aliphatic heterocycles. The molecule has 2 heterocycles. The number of hydrogen-bond donors (Lipinski definition) is 2. The molecule has 0 aromatic carbocycles. The number of nitrogens with one attached hydrogen (secondary N) is 1. The van der Waals surface area contributed by atoms with Gasteiger partial charge in [-0.3, -0.25) is 9.59 Å². The summed E-state index contributed by atoms with van der Waals surface area (Å²) in [5.74, 6) is -3.36. The number of hydrogen-bond acceptors (Lipinski definition) is 11. The summed E-state index contributed by atoms with van der Waals surface area (Å²) in [4.78, 5) is 65.9. The van der Waals surface area contributed by atoms with Crippen molar-refractivity contribution >= 4 is 29.8 Å². The van der Waals surface area contributed by atoms with Gasteiger partial charge in [-0.1, -0.05) is 38.8 Å². The number of rotatable bonds is 7. The fraction of sp³-hybridized carbons (Fsp3) is 0.725. The van der Waals surface area contributed by atoms with Gasteiger partial charge in [0, 0.05) is 30.3 Å². The number of carbonyl (C=O) groups is 5. The van der Waals surface area contributed by atoms with Crippen molar-refractivity contribution in [2.45, 2.75) is 149 Å². The lowest BCUT2D eigenvalue weighted by Crippen LogP contribution is -2.70. The highest BCUT2D eigenvalue weighted by Gasteiger charge is 2.83. The lowest BCUT2D eigenvalue weighted by atomic mass is 9.42. The summed E-state index contributed by atoms with van der Waals surface area (Å²) in [6.45, 7) is 19.6. The second-order valence-corrected chi connectivity index (χ2v) is 17.7. The second kappa shape index (κ2) is 12.5. The fourth-order valence-corrected chi connectivity index (χ4v) is 10.4. The Hall–Kier alpha value is -3.51. The van der Waals surface area contributed by atoms with Crippen molar-refractivity contribution in [1.29, 1.82) is 0 Å². The summed E-state index contributed by atoms with van der Waals surface area (Å²) in [7, 11) is 0. The monoisotopic (exact) mass is 725 g/mol. The number of aliphatic hydroxyl groups is 1. The average Bonchev–Trinajstić information content (AvgIpc) is 3.72. The van der Waals surface area contributed by atoms with Crippen molar-refractivity contribution < 1.29 is 52.8 Å². The van der Waals surface area contributed by atoms with Crippen molar-refractivity contribution in [2.24, 2.45) is 34.5 Å². The highest BCUT2D eigenvalue weighted by atomic mass is 16.7. The van der Waals surface area contributed by atoms with E-state index < -0.39 is 88.0 Å². The molecule has 0 bridgehead atoms. The number of fused-ring (bicyclic) bond motifs is 4. The third-order valence-corrected chi connectivity index (χ3v) is 13.3. The van der Waals surface area contributed by atoms with Gasteiger partial charge in [-0.2, -0.15) is 0 Å². The molecule has 6 rings (SSSR count). The molecule has 1 saturated heterocycles. The first-order valence-corrected chi connectivity index (χ1v) is 18.6. The molecule has 6 aliphatic rings. The Labute approximate surface area is 306 Å². The van der Waals surface area contributed by atoms with E-state index in [1.165, 1.54) is 13.0 Å². The fourth-order valence-electron chi connectivity index (χ4n) is 10.4. The van der Waals surface area contributed by atoms with Crippen LogP contribution in [0.3, 0.4) is 0 Å². The Kier molecular flexibility index (Phi) is 9.21. The van der Waals surface area contributed by atoms with Crippen LogP contribution in [0.15, 0.2) is 34.9 Å². The molecular weight excluding hydrogens is 670 g/mol. The van der Waals surface area contributed by atoms with Crippen LogP contribution in [0.25, 0.3) is 0 Å². The predicted molar refractivity (Wildman–Crippen MR) is 187 cm³/mol. The molecule has 3 fully saturated rings. The molecule has 1 amide bonds. The molecule has 0 aromatic heterocycles. The quantitative estimate of drug-likeness (QED) is 0.156. The Morgan fingerprint density at radius 2 is 1.71 bits per heavy atom. The highest BCUT2D eigenvalue weighted by Crippen LogP contribution is 2.74. The summed E-state index contributed by atoms with van der Waals surface area (Å²) in [6.07, 6.45) is 3.03. The molecule has 1 unspecified atom stereocenters. The van der Waals surface area contributed by atoms with Crippen LogP contribution in [0.1, 0.15) is 102 Å². The number of ether oxygens (including phenoxy) is 5. The van der Waals surface area contributed by atoms with Crippen LogP contribution in [0.2, 0.25) is 0 Å². The van der Waals surface area contributed by atoms with Gasteiger partial charge in [0.1, 0.15) is 35.1 Å². The van der Waals surface area contributed by atoms with Crippen LogP contribution in [0, 0.1) is 34.5 Å². The van der Waals surface area contributed by atoms with Crippen molar-refractivity contribution in [3.05, 3.63) is 34.9 Å². The Bertz CT molecular complexity index is 1670. The van der Waals surface area contributed by atoms with Gasteiger partial charge in [0.2, 0.25) is 0 Å². The highest BCUT2D eigenvalue weighted by molar-refractivity contribution is 5.98. The molecule has 12 heteroatoms. The maximum atomic E-state index is 14.2. The molecular formula is C40H55NO11. The lowest BCUT2D eigenvalue weighted by molar-refractivity contribution is -0.225. The minimum absolute atomic E-state index is 0.188. The van der Waals surface area contributed by atoms with Gasteiger partial charge in [-0.25, -0.2) is 14.4 Å². The normalized spacial score (nSPS) is 40.3. The zero-order valence-corrected chi connectivity index (χ0v) is 32.3. The van der Waals surface area contributed by atoms with E-state index >= 15 is 0 Å². The van der Waals surface area contributed by atoms with Gasteiger partial charge in [0.25, 0.3) is 0 Å². The first kappa shape index (κ1) is 38.2. The van der Waals surface area contributed by atoms with Gasteiger partial charge in [-0.05, 0) is 96.8 Å². The van der Waals surface area contributed by atoms with E-state index in [9.17, 15) is 29.1 Å². The molecule has 1 spiro atoms. The van der Waals surface area contributed by atoms with Crippen LogP contribution < -0.4 is 5.32 Å². The SMILES string of the molecule is CC(=O)O[C@H]1C=C([C@H](C)[C@H]2CC(C)=C(C)C(=O)O2)[C@@]2(C)CC[C@H]3[C@@H](C[C@H]4O[C@]45[C@@H](OC(=O)C(NC(=O)OC(C)(C)C)C(C)C)C=CC(=O)[C@]35C)[C@]12O. The van der Waals surface area contributed by atoms with Gasteiger partial charge < -0.3 is 34.1 Å². The third kappa shape index (κ3) is 5.56. The van der Waals surface area contributed by atoms with Crippen molar-refractivity contribution in [3.63, 3.8) is 0 Å². The molecule has 52 heavy (non-hydrogen) atoms. The van der Waals surface area contributed by atoms with Gasteiger partial charge in [0.15, 0.2) is 11.9 Å². The largest absolute Gasteiger partial charge is 0.458 e. The van der Waals surface area contributed by atoms with Gasteiger partial charge in [0.05, 0.1) is 11.5 Å². The Balaban J connectivity index is 1.31. The summed E-state index contributed by atoms with van der Waals surface area (Å²) >= 11 is 0. The number of alkyl carbamates (subject to hydrolysis) is 1. The zero-order valence-electron chi connectivity index (χ0n) is 32.3. The zero-order chi connectivity index (χ0) is 38.5. The molecule has 2 N–H and O–H groups in total. The number of epoxide rings is 1. The number of allylic oxidation sites excluding steroid dienone is 1. The van der Waals surface area contributed by atoms with Crippen LogP contribution in [-0.4, -0.2) is 82.2 Å². The van der Waals surface area contributed by atoms with Crippen molar-refractivity contribution in [1.82, 2.24) is 5.32 Å².